The average Bonchev–Trinajstić information content (AvgIpc) is 2.39. The number of nitrogens with zero attached hydrogens (tertiary/aromatic N) is 1. The van der Waals surface area contributed by atoms with E-state index in [-0.39, 0.29) is 6.54 Å². The monoisotopic (exact) mass is 173 g/mol. The van der Waals surface area contributed by atoms with E-state index in [9.17, 15) is 4.79 Å². The highest BCUT2D eigenvalue weighted by atomic mass is 16.4. The van der Waals surface area contributed by atoms with Crippen molar-refractivity contribution < 1.29 is 9.90 Å². The molecule has 0 aliphatic carbocycles. The first-order chi connectivity index (χ1) is 5.68. The molecule has 1 heterocycles. The van der Waals surface area contributed by atoms with Gasteiger partial charge in [-0.1, -0.05) is 20.8 Å². The van der Waals surface area contributed by atoms with Crippen LogP contribution in [0.25, 0.3) is 0 Å². The molecule has 1 rings (SSSR count). The van der Waals surface area contributed by atoms with Crippen molar-refractivity contribution in [1.29, 1.82) is 0 Å². The lowest BCUT2D eigenvalue weighted by atomic mass is 10.2. The Morgan fingerprint density at radius 2 is 2.17 bits per heavy atom. The first kappa shape index (κ1) is 11.4. The van der Waals surface area contributed by atoms with E-state index in [2.05, 4.69) is 6.92 Å². The summed E-state index contributed by atoms with van der Waals surface area (Å²) in [5, 5.41) is 8.42. The van der Waals surface area contributed by atoms with E-state index < -0.39 is 5.97 Å². The number of carboxylic acid groups (broad SMARTS) is 1. The van der Waals surface area contributed by atoms with Crippen LogP contribution >= 0.6 is 0 Å². The van der Waals surface area contributed by atoms with Gasteiger partial charge in [-0.3, -0.25) is 9.69 Å². The third-order valence-corrected chi connectivity index (χ3v) is 1.87. The summed E-state index contributed by atoms with van der Waals surface area (Å²) < 4.78 is 0. The number of carbonyl (C=O) groups is 1. The Bertz CT molecular complexity index is 136. The Morgan fingerprint density at radius 1 is 1.58 bits per heavy atom. The first-order valence-corrected chi connectivity index (χ1v) is 4.62. The molecule has 0 aromatic carbocycles. The van der Waals surface area contributed by atoms with Crippen molar-refractivity contribution in [3.05, 3.63) is 0 Å². The maximum atomic E-state index is 10.2. The molecule has 3 nitrogen and oxygen atoms in total. The molecule has 0 aromatic rings. The summed E-state index contributed by atoms with van der Waals surface area (Å²) in [6.07, 6.45) is 1.15. The summed E-state index contributed by atoms with van der Waals surface area (Å²) in [4.78, 5) is 12.2. The van der Waals surface area contributed by atoms with Crippen molar-refractivity contribution in [2.75, 3.05) is 19.6 Å². The minimum absolute atomic E-state index is 0.213. The summed E-state index contributed by atoms with van der Waals surface area (Å²) in [5.74, 6) is -0.0338. The molecular weight excluding hydrogens is 154 g/mol. The van der Waals surface area contributed by atoms with Crippen LogP contribution in [0.4, 0.5) is 0 Å². The number of hydrogen-bond acceptors (Lipinski definition) is 2. The Morgan fingerprint density at radius 3 is 2.50 bits per heavy atom. The molecule has 0 bridgehead atoms. The van der Waals surface area contributed by atoms with Crippen LogP contribution in [0.1, 0.15) is 27.2 Å². The summed E-state index contributed by atoms with van der Waals surface area (Å²) in [6.45, 7) is 8.27. The molecule has 0 amide bonds. The Labute approximate surface area is 74.4 Å². The molecule has 1 N–H and O–H groups in total. The molecule has 0 aromatic heterocycles. The third-order valence-electron chi connectivity index (χ3n) is 1.87. The van der Waals surface area contributed by atoms with E-state index in [4.69, 9.17) is 5.11 Å². The molecule has 1 unspecified atom stereocenters. The second kappa shape index (κ2) is 6.00. The van der Waals surface area contributed by atoms with Crippen LogP contribution in [0, 0.1) is 5.92 Å². The van der Waals surface area contributed by atoms with Gasteiger partial charge in [-0.2, -0.15) is 0 Å². The van der Waals surface area contributed by atoms with Gasteiger partial charge in [0.25, 0.3) is 0 Å². The summed E-state index contributed by atoms with van der Waals surface area (Å²) in [7, 11) is 0. The maximum absolute atomic E-state index is 10.2. The fraction of sp³-hybridized carbons (Fsp3) is 0.889. The lowest BCUT2D eigenvalue weighted by molar-refractivity contribution is -0.138. The fourth-order valence-electron chi connectivity index (χ4n) is 1.36. The Kier molecular flexibility index (Phi) is 5.72. The molecule has 1 atom stereocenters. The highest BCUT2D eigenvalue weighted by molar-refractivity contribution is 5.69. The SMILES string of the molecule is CC.CC1CCN(CC(=O)O)C1. The molecule has 3 heteroatoms. The minimum atomic E-state index is -0.714. The quantitative estimate of drug-likeness (QED) is 0.687. The number of aliphatic carboxylic acids is 1. The van der Waals surface area contributed by atoms with Gasteiger partial charge in [0.05, 0.1) is 6.54 Å². The fourth-order valence-corrected chi connectivity index (χ4v) is 1.36. The zero-order valence-electron chi connectivity index (χ0n) is 8.21. The molecule has 1 aliphatic rings. The average molecular weight is 173 g/mol. The van der Waals surface area contributed by atoms with Crippen LogP contribution in [-0.4, -0.2) is 35.6 Å². The molecule has 72 valence electrons. The number of hydrogen-bond donors (Lipinski definition) is 1. The van der Waals surface area contributed by atoms with Crippen molar-refractivity contribution in [1.82, 2.24) is 4.90 Å². The van der Waals surface area contributed by atoms with Crippen LogP contribution in [-0.2, 0) is 4.79 Å². The largest absolute Gasteiger partial charge is 0.480 e. The van der Waals surface area contributed by atoms with Gasteiger partial charge >= 0.3 is 5.97 Å². The molecule has 0 saturated carbocycles. The molecular formula is C9H19NO2. The second-order valence-corrected chi connectivity index (χ2v) is 3.02. The standard InChI is InChI=1S/C7H13NO2.C2H6/c1-6-2-3-8(4-6)5-7(9)10;1-2/h6H,2-5H2,1H3,(H,9,10);1-2H3. The van der Waals surface area contributed by atoms with Crippen molar-refractivity contribution in [3.8, 4) is 0 Å². The van der Waals surface area contributed by atoms with Crippen LogP contribution in [0.15, 0.2) is 0 Å². The third kappa shape index (κ3) is 4.34. The van der Waals surface area contributed by atoms with E-state index in [1.807, 2.05) is 18.7 Å². The summed E-state index contributed by atoms with van der Waals surface area (Å²) >= 11 is 0. The highest BCUT2D eigenvalue weighted by Crippen LogP contribution is 2.13. The van der Waals surface area contributed by atoms with E-state index >= 15 is 0 Å². The van der Waals surface area contributed by atoms with Crippen molar-refractivity contribution in [2.45, 2.75) is 27.2 Å². The molecule has 1 aliphatic heterocycles. The molecule has 0 spiro atoms. The van der Waals surface area contributed by atoms with Gasteiger partial charge in [-0.15, -0.1) is 0 Å². The lowest BCUT2D eigenvalue weighted by Crippen LogP contribution is -2.27. The molecule has 1 fully saturated rings. The van der Waals surface area contributed by atoms with E-state index in [0.717, 1.165) is 19.5 Å². The van der Waals surface area contributed by atoms with Crippen LogP contribution < -0.4 is 0 Å². The van der Waals surface area contributed by atoms with Crippen LogP contribution in [0.3, 0.4) is 0 Å². The van der Waals surface area contributed by atoms with E-state index in [1.54, 1.807) is 0 Å². The van der Waals surface area contributed by atoms with Gasteiger partial charge < -0.3 is 5.11 Å². The second-order valence-electron chi connectivity index (χ2n) is 3.02. The van der Waals surface area contributed by atoms with Gasteiger partial charge in [-0.25, -0.2) is 0 Å². The van der Waals surface area contributed by atoms with Gasteiger partial charge in [-0.05, 0) is 18.9 Å². The number of carboxylic acids is 1. The van der Waals surface area contributed by atoms with Gasteiger partial charge in [0.15, 0.2) is 0 Å². The van der Waals surface area contributed by atoms with Crippen LogP contribution in [0.2, 0.25) is 0 Å². The predicted octanol–water partition coefficient (Wildman–Crippen LogP) is 1.44. The van der Waals surface area contributed by atoms with Gasteiger partial charge in [0, 0.05) is 6.54 Å². The zero-order chi connectivity index (χ0) is 9.56. The summed E-state index contributed by atoms with van der Waals surface area (Å²) in [6, 6.07) is 0. The van der Waals surface area contributed by atoms with E-state index in [0.29, 0.717) is 5.92 Å². The van der Waals surface area contributed by atoms with Crippen molar-refractivity contribution in [3.63, 3.8) is 0 Å². The zero-order valence-corrected chi connectivity index (χ0v) is 8.21. The normalized spacial score (nSPS) is 23.1. The maximum Gasteiger partial charge on any atom is 0.317 e. The van der Waals surface area contributed by atoms with Crippen molar-refractivity contribution >= 4 is 5.97 Å². The smallest absolute Gasteiger partial charge is 0.317 e. The minimum Gasteiger partial charge on any atom is -0.480 e. The Hall–Kier alpha value is -0.570. The van der Waals surface area contributed by atoms with E-state index in [1.165, 1.54) is 0 Å². The summed E-state index contributed by atoms with van der Waals surface area (Å²) in [5.41, 5.74) is 0. The topological polar surface area (TPSA) is 40.5 Å². The molecule has 1 saturated heterocycles. The molecule has 12 heavy (non-hydrogen) atoms. The predicted molar refractivity (Wildman–Crippen MR) is 49.2 cm³/mol. The first-order valence-electron chi connectivity index (χ1n) is 4.62. The van der Waals surface area contributed by atoms with Crippen LogP contribution in [0.5, 0.6) is 0 Å². The number of rotatable bonds is 2. The number of likely N-dealkylation sites (tertiary alicyclic amines) is 1. The highest BCUT2D eigenvalue weighted by Gasteiger charge is 2.19. The lowest BCUT2D eigenvalue weighted by Gasteiger charge is -2.10. The molecule has 0 radical (unpaired) electrons. The van der Waals surface area contributed by atoms with Gasteiger partial charge in [0.1, 0.15) is 0 Å². The van der Waals surface area contributed by atoms with Gasteiger partial charge in [0.2, 0.25) is 0 Å². The Balaban J connectivity index is 0.000000561. The van der Waals surface area contributed by atoms with Crippen molar-refractivity contribution in [2.24, 2.45) is 5.92 Å².